The van der Waals surface area contributed by atoms with E-state index in [0.717, 1.165) is 35.7 Å². The third-order valence-electron chi connectivity index (χ3n) is 6.21. The monoisotopic (exact) mass is 461 g/mol. The van der Waals surface area contributed by atoms with E-state index in [1.54, 1.807) is 25.3 Å². The Labute approximate surface area is 199 Å². The number of hydrogen-bond donors (Lipinski definition) is 1. The van der Waals surface area contributed by atoms with Gasteiger partial charge in [0, 0.05) is 51.4 Å². The number of nitrogens with zero attached hydrogens (tertiary/aromatic N) is 4. The SMILES string of the molecule is COc1ccc(-n2nc(N3CCC(C(=O)NCc4ccc(N(C)C)cc4)CC3)ccc2=O)cc1. The van der Waals surface area contributed by atoms with Crippen LogP contribution in [0.3, 0.4) is 0 Å². The van der Waals surface area contributed by atoms with E-state index in [9.17, 15) is 9.59 Å². The second-order valence-electron chi connectivity index (χ2n) is 8.68. The van der Waals surface area contributed by atoms with Crippen LogP contribution in [0.15, 0.2) is 65.5 Å². The molecule has 0 unspecified atom stereocenters. The summed E-state index contributed by atoms with van der Waals surface area (Å²) in [5.74, 6) is 1.52. The van der Waals surface area contributed by atoms with Crippen LogP contribution in [0.5, 0.6) is 5.75 Å². The van der Waals surface area contributed by atoms with E-state index in [0.29, 0.717) is 25.3 Å². The summed E-state index contributed by atoms with van der Waals surface area (Å²) >= 11 is 0. The summed E-state index contributed by atoms with van der Waals surface area (Å²) in [6.07, 6.45) is 1.49. The molecule has 4 rings (SSSR count). The van der Waals surface area contributed by atoms with Crippen LogP contribution >= 0.6 is 0 Å². The molecule has 2 aromatic carbocycles. The molecule has 1 fully saturated rings. The van der Waals surface area contributed by atoms with Gasteiger partial charge in [0.1, 0.15) is 11.6 Å². The Morgan fingerprint density at radius 2 is 1.71 bits per heavy atom. The van der Waals surface area contributed by atoms with E-state index in [4.69, 9.17) is 4.74 Å². The van der Waals surface area contributed by atoms with Crippen molar-refractivity contribution in [3.63, 3.8) is 0 Å². The van der Waals surface area contributed by atoms with Gasteiger partial charge in [0.05, 0.1) is 12.8 Å². The summed E-state index contributed by atoms with van der Waals surface area (Å²) in [5.41, 5.74) is 2.71. The first-order chi connectivity index (χ1) is 16.4. The number of ether oxygens (including phenoxy) is 1. The highest BCUT2D eigenvalue weighted by Crippen LogP contribution is 2.22. The lowest BCUT2D eigenvalue weighted by Gasteiger charge is -2.32. The van der Waals surface area contributed by atoms with E-state index in [1.165, 1.54) is 10.7 Å². The van der Waals surface area contributed by atoms with Crippen LogP contribution in [0.2, 0.25) is 0 Å². The fourth-order valence-electron chi connectivity index (χ4n) is 4.09. The molecule has 0 spiro atoms. The van der Waals surface area contributed by atoms with E-state index >= 15 is 0 Å². The number of carbonyl (C=O) groups is 1. The van der Waals surface area contributed by atoms with Crippen molar-refractivity contribution in [1.82, 2.24) is 15.1 Å². The molecule has 0 saturated carbocycles. The third kappa shape index (κ3) is 5.39. The number of methoxy groups -OCH3 is 1. The molecule has 8 heteroatoms. The topological polar surface area (TPSA) is 79.7 Å². The second kappa shape index (κ2) is 10.4. The van der Waals surface area contributed by atoms with Crippen molar-refractivity contribution in [3.8, 4) is 11.4 Å². The maximum Gasteiger partial charge on any atom is 0.271 e. The van der Waals surface area contributed by atoms with Gasteiger partial charge in [-0.25, -0.2) is 0 Å². The number of aromatic nitrogens is 2. The fraction of sp³-hybridized carbons (Fsp3) is 0.346. The largest absolute Gasteiger partial charge is 0.497 e. The zero-order valence-corrected chi connectivity index (χ0v) is 19.9. The molecule has 3 aromatic rings. The van der Waals surface area contributed by atoms with Gasteiger partial charge in [-0.1, -0.05) is 12.1 Å². The molecule has 1 saturated heterocycles. The molecule has 0 aliphatic carbocycles. The molecule has 178 valence electrons. The Morgan fingerprint density at radius 3 is 2.32 bits per heavy atom. The first-order valence-corrected chi connectivity index (χ1v) is 11.5. The summed E-state index contributed by atoms with van der Waals surface area (Å²) in [6.45, 7) is 1.95. The molecule has 34 heavy (non-hydrogen) atoms. The van der Waals surface area contributed by atoms with E-state index in [-0.39, 0.29) is 17.4 Å². The lowest BCUT2D eigenvalue weighted by molar-refractivity contribution is -0.125. The van der Waals surface area contributed by atoms with E-state index < -0.39 is 0 Å². The maximum absolute atomic E-state index is 12.7. The minimum absolute atomic E-state index is 0.0233. The number of hydrogen-bond acceptors (Lipinski definition) is 6. The van der Waals surface area contributed by atoms with Gasteiger partial charge in [0.25, 0.3) is 5.56 Å². The van der Waals surface area contributed by atoms with Crippen LogP contribution in [0.1, 0.15) is 18.4 Å². The Balaban J connectivity index is 1.34. The smallest absolute Gasteiger partial charge is 0.271 e. The van der Waals surface area contributed by atoms with Crippen molar-refractivity contribution >= 4 is 17.4 Å². The number of amides is 1. The lowest BCUT2D eigenvalue weighted by Crippen LogP contribution is -2.41. The van der Waals surface area contributed by atoms with Crippen molar-refractivity contribution in [2.45, 2.75) is 19.4 Å². The highest BCUT2D eigenvalue weighted by molar-refractivity contribution is 5.79. The zero-order chi connectivity index (χ0) is 24.1. The number of benzene rings is 2. The van der Waals surface area contributed by atoms with Crippen molar-refractivity contribution in [2.24, 2.45) is 5.92 Å². The average Bonchev–Trinajstić information content (AvgIpc) is 2.88. The third-order valence-corrected chi connectivity index (χ3v) is 6.21. The van der Waals surface area contributed by atoms with E-state index in [2.05, 4.69) is 27.4 Å². The van der Waals surface area contributed by atoms with Crippen LogP contribution in [0.4, 0.5) is 11.5 Å². The van der Waals surface area contributed by atoms with Crippen LogP contribution in [-0.4, -0.2) is 50.0 Å². The Kier molecular flexibility index (Phi) is 7.15. The minimum atomic E-state index is -0.193. The highest BCUT2D eigenvalue weighted by atomic mass is 16.5. The normalized spacial score (nSPS) is 14.0. The number of piperidine rings is 1. The predicted octanol–water partition coefficient (Wildman–Crippen LogP) is 2.84. The molecule has 1 aliphatic heterocycles. The number of anilines is 2. The van der Waals surface area contributed by atoms with Crippen LogP contribution in [0, 0.1) is 5.92 Å². The first kappa shape index (κ1) is 23.4. The van der Waals surface area contributed by atoms with Crippen LogP contribution in [-0.2, 0) is 11.3 Å². The van der Waals surface area contributed by atoms with Crippen LogP contribution < -0.4 is 25.4 Å². The summed E-state index contributed by atoms with van der Waals surface area (Å²) in [5, 5.41) is 7.65. The van der Waals surface area contributed by atoms with E-state index in [1.807, 2.05) is 43.3 Å². The van der Waals surface area contributed by atoms with Gasteiger partial charge in [-0.3, -0.25) is 9.59 Å². The van der Waals surface area contributed by atoms with Crippen LogP contribution in [0.25, 0.3) is 5.69 Å². The van der Waals surface area contributed by atoms with Gasteiger partial charge in [-0.2, -0.15) is 4.68 Å². The molecule has 8 nitrogen and oxygen atoms in total. The van der Waals surface area contributed by atoms with Crippen molar-refractivity contribution < 1.29 is 9.53 Å². The molecule has 1 N–H and O–H groups in total. The van der Waals surface area contributed by atoms with Gasteiger partial charge in [0.2, 0.25) is 5.91 Å². The fourth-order valence-corrected chi connectivity index (χ4v) is 4.09. The summed E-state index contributed by atoms with van der Waals surface area (Å²) in [7, 11) is 5.62. The van der Waals surface area contributed by atoms with Gasteiger partial charge in [-0.05, 0) is 60.9 Å². The number of nitrogens with one attached hydrogen (secondary N) is 1. The molecule has 0 radical (unpaired) electrons. The lowest BCUT2D eigenvalue weighted by atomic mass is 9.96. The van der Waals surface area contributed by atoms with Gasteiger partial charge in [0.15, 0.2) is 0 Å². The Morgan fingerprint density at radius 1 is 1.03 bits per heavy atom. The predicted molar refractivity (Wildman–Crippen MR) is 134 cm³/mol. The minimum Gasteiger partial charge on any atom is -0.497 e. The maximum atomic E-state index is 12.7. The van der Waals surface area contributed by atoms with Gasteiger partial charge in [-0.15, -0.1) is 5.10 Å². The van der Waals surface area contributed by atoms with Crippen molar-refractivity contribution in [3.05, 3.63) is 76.6 Å². The molecular weight excluding hydrogens is 430 g/mol. The van der Waals surface area contributed by atoms with Gasteiger partial charge < -0.3 is 19.9 Å². The molecule has 0 atom stereocenters. The zero-order valence-electron chi connectivity index (χ0n) is 19.9. The second-order valence-corrected chi connectivity index (χ2v) is 8.68. The quantitative estimate of drug-likeness (QED) is 0.583. The summed E-state index contributed by atoms with van der Waals surface area (Å²) in [4.78, 5) is 29.3. The van der Waals surface area contributed by atoms with Crippen molar-refractivity contribution in [2.75, 3.05) is 44.1 Å². The van der Waals surface area contributed by atoms with Crippen molar-refractivity contribution in [1.29, 1.82) is 0 Å². The number of rotatable bonds is 7. The summed E-state index contributed by atoms with van der Waals surface area (Å²) < 4.78 is 6.59. The molecule has 1 amide bonds. The standard InChI is InChI=1S/C26H31N5O3/c1-29(2)21-6-4-19(5-7-21)18-27-26(33)20-14-16-30(17-15-20)24-12-13-25(32)31(28-24)22-8-10-23(34-3)11-9-22/h4-13,20H,14-18H2,1-3H3,(H,27,33). The molecule has 1 aromatic heterocycles. The Hall–Kier alpha value is -3.81. The molecule has 1 aliphatic rings. The highest BCUT2D eigenvalue weighted by Gasteiger charge is 2.26. The molecular formula is C26H31N5O3. The average molecular weight is 462 g/mol. The van der Waals surface area contributed by atoms with Gasteiger partial charge >= 0.3 is 0 Å². The summed E-state index contributed by atoms with van der Waals surface area (Å²) in [6, 6.07) is 18.7. The molecule has 2 heterocycles. The molecule has 0 bridgehead atoms. The number of carbonyl (C=O) groups excluding carboxylic acids is 1. The Bertz CT molecular complexity index is 1160. The first-order valence-electron chi connectivity index (χ1n) is 11.5.